The molecule has 1 aromatic heterocycles. The highest BCUT2D eigenvalue weighted by Crippen LogP contribution is 2.31. The number of carbonyl (C=O) groups is 1. The smallest absolute Gasteiger partial charge is 0.345 e. The minimum absolute atomic E-state index is 0.150. The number of rotatable bonds is 4. The van der Waals surface area contributed by atoms with E-state index in [0.717, 1.165) is 43.3 Å². The zero-order valence-corrected chi connectivity index (χ0v) is 13.9. The topological polar surface area (TPSA) is 49.0 Å². The molecule has 134 valence electrons. The number of likely N-dealkylation sites (tertiary alicyclic amines) is 1. The number of ketones is 1. The summed E-state index contributed by atoms with van der Waals surface area (Å²) in [7, 11) is 0. The van der Waals surface area contributed by atoms with E-state index in [1.165, 1.54) is 12.1 Å². The highest BCUT2D eigenvalue weighted by Gasteiger charge is 2.32. The standard InChI is InChI=1S/C18H20F3N3O/c1-12-22-10-16(23-12)11-24-7-5-13(6-8-24)17(25)14-3-2-4-15(9-14)18(19,20)21/h2-4,9-10,13H,5-8,11H2,1H3,(H,22,23). The number of alkyl halides is 3. The number of aromatic nitrogens is 2. The van der Waals surface area contributed by atoms with Crippen LogP contribution in [0.5, 0.6) is 0 Å². The van der Waals surface area contributed by atoms with Crippen molar-refractivity contribution in [3.05, 3.63) is 53.1 Å². The van der Waals surface area contributed by atoms with Gasteiger partial charge in [-0.15, -0.1) is 0 Å². The number of nitrogens with zero attached hydrogens (tertiary/aromatic N) is 2. The van der Waals surface area contributed by atoms with Crippen LogP contribution in [0, 0.1) is 12.8 Å². The minimum atomic E-state index is -4.43. The van der Waals surface area contributed by atoms with Crippen molar-refractivity contribution in [3.63, 3.8) is 0 Å². The molecule has 4 nitrogen and oxygen atoms in total. The molecule has 0 spiro atoms. The van der Waals surface area contributed by atoms with Crippen molar-refractivity contribution in [2.45, 2.75) is 32.5 Å². The maximum Gasteiger partial charge on any atom is 0.416 e. The molecule has 1 fully saturated rings. The Kier molecular flexibility index (Phi) is 4.94. The van der Waals surface area contributed by atoms with Gasteiger partial charge in [0.15, 0.2) is 5.78 Å². The van der Waals surface area contributed by atoms with Crippen LogP contribution in [0.25, 0.3) is 0 Å². The van der Waals surface area contributed by atoms with E-state index < -0.39 is 11.7 Å². The molecule has 0 radical (unpaired) electrons. The summed E-state index contributed by atoms with van der Waals surface area (Å²) in [5.41, 5.74) is 0.406. The van der Waals surface area contributed by atoms with Crippen molar-refractivity contribution in [1.29, 1.82) is 0 Å². The molecule has 0 saturated carbocycles. The van der Waals surface area contributed by atoms with Crippen molar-refractivity contribution in [1.82, 2.24) is 14.9 Å². The van der Waals surface area contributed by atoms with E-state index in [0.29, 0.717) is 12.8 Å². The molecule has 0 aliphatic carbocycles. The zero-order valence-electron chi connectivity index (χ0n) is 13.9. The van der Waals surface area contributed by atoms with E-state index in [4.69, 9.17) is 0 Å². The van der Waals surface area contributed by atoms with Gasteiger partial charge in [0.25, 0.3) is 0 Å². The first-order valence-corrected chi connectivity index (χ1v) is 8.27. The molecule has 2 aromatic rings. The van der Waals surface area contributed by atoms with Crippen LogP contribution in [-0.2, 0) is 12.7 Å². The summed E-state index contributed by atoms with van der Waals surface area (Å²) in [6, 6.07) is 4.72. The molecule has 0 atom stereocenters. The molecule has 1 N–H and O–H groups in total. The molecule has 1 aliphatic heterocycles. The first-order chi connectivity index (χ1) is 11.8. The van der Waals surface area contributed by atoms with Crippen LogP contribution >= 0.6 is 0 Å². The van der Waals surface area contributed by atoms with E-state index in [-0.39, 0.29) is 17.3 Å². The van der Waals surface area contributed by atoms with Crippen molar-refractivity contribution < 1.29 is 18.0 Å². The molecule has 1 aromatic carbocycles. The summed E-state index contributed by atoms with van der Waals surface area (Å²) in [6.07, 6.45) is -1.32. The fourth-order valence-electron chi connectivity index (χ4n) is 3.23. The van der Waals surface area contributed by atoms with Crippen LogP contribution in [0.4, 0.5) is 13.2 Å². The molecule has 0 unspecified atom stereocenters. The molecule has 0 amide bonds. The Hall–Kier alpha value is -2.15. The van der Waals surface area contributed by atoms with Crippen molar-refractivity contribution >= 4 is 5.78 Å². The van der Waals surface area contributed by atoms with Crippen molar-refractivity contribution in [2.24, 2.45) is 5.92 Å². The Morgan fingerprint density at radius 1 is 1.32 bits per heavy atom. The van der Waals surface area contributed by atoms with Gasteiger partial charge < -0.3 is 4.98 Å². The predicted molar refractivity (Wildman–Crippen MR) is 87.1 cm³/mol. The molecule has 0 bridgehead atoms. The first-order valence-electron chi connectivity index (χ1n) is 8.27. The Labute approximate surface area is 144 Å². The number of Topliss-reactive ketones (excluding diaryl/α,β-unsaturated/α-hetero) is 1. The number of imidazole rings is 1. The van der Waals surface area contributed by atoms with Gasteiger partial charge in [0, 0.05) is 29.9 Å². The summed E-state index contributed by atoms with van der Waals surface area (Å²) in [4.78, 5) is 22.1. The second kappa shape index (κ2) is 7.00. The average molecular weight is 351 g/mol. The third-order valence-electron chi connectivity index (χ3n) is 4.58. The maximum atomic E-state index is 12.8. The molecule has 7 heteroatoms. The predicted octanol–water partition coefficient (Wildman–Crippen LogP) is 3.83. The van der Waals surface area contributed by atoms with Gasteiger partial charge in [-0.1, -0.05) is 12.1 Å². The maximum absolute atomic E-state index is 12.8. The molecule has 2 heterocycles. The lowest BCUT2D eigenvalue weighted by atomic mass is 9.88. The average Bonchev–Trinajstić information content (AvgIpc) is 2.99. The van der Waals surface area contributed by atoms with Gasteiger partial charge in [0.05, 0.1) is 5.56 Å². The third-order valence-corrected chi connectivity index (χ3v) is 4.58. The Balaban J connectivity index is 1.60. The molecular weight excluding hydrogens is 331 g/mol. The number of halogens is 3. The third kappa shape index (κ3) is 4.28. The summed E-state index contributed by atoms with van der Waals surface area (Å²) < 4.78 is 38.4. The molecule has 1 saturated heterocycles. The van der Waals surface area contributed by atoms with Gasteiger partial charge in [-0.2, -0.15) is 13.2 Å². The van der Waals surface area contributed by atoms with Gasteiger partial charge >= 0.3 is 6.18 Å². The number of carbonyl (C=O) groups excluding carboxylic acids is 1. The van der Waals surface area contributed by atoms with Gasteiger partial charge in [-0.3, -0.25) is 9.69 Å². The Bertz CT molecular complexity index is 746. The minimum Gasteiger partial charge on any atom is -0.345 e. The van der Waals surface area contributed by atoms with Crippen molar-refractivity contribution in [3.8, 4) is 0 Å². The number of aryl methyl sites for hydroxylation is 1. The summed E-state index contributed by atoms with van der Waals surface area (Å²) in [5.74, 6) is 0.455. The van der Waals surface area contributed by atoms with Crippen LogP contribution in [0.3, 0.4) is 0 Å². The zero-order chi connectivity index (χ0) is 18.0. The molecule has 3 rings (SSSR count). The van der Waals surface area contributed by atoms with E-state index in [2.05, 4.69) is 14.9 Å². The Morgan fingerprint density at radius 3 is 2.64 bits per heavy atom. The number of hydrogen-bond acceptors (Lipinski definition) is 3. The quantitative estimate of drug-likeness (QED) is 0.852. The van der Waals surface area contributed by atoms with Crippen LogP contribution in [-0.4, -0.2) is 33.7 Å². The fourth-order valence-corrected chi connectivity index (χ4v) is 3.23. The lowest BCUT2D eigenvalue weighted by Crippen LogP contribution is -2.36. The van der Waals surface area contributed by atoms with E-state index in [1.54, 1.807) is 6.20 Å². The highest BCUT2D eigenvalue weighted by molar-refractivity contribution is 5.98. The van der Waals surface area contributed by atoms with E-state index >= 15 is 0 Å². The number of benzene rings is 1. The second-order valence-corrected chi connectivity index (χ2v) is 6.49. The number of H-pyrrole nitrogens is 1. The lowest BCUT2D eigenvalue weighted by Gasteiger charge is -2.30. The van der Waals surface area contributed by atoms with Gasteiger partial charge in [0.2, 0.25) is 0 Å². The van der Waals surface area contributed by atoms with Crippen LogP contribution < -0.4 is 0 Å². The second-order valence-electron chi connectivity index (χ2n) is 6.49. The van der Waals surface area contributed by atoms with Gasteiger partial charge in [-0.25, -0.2) is 4.98 Å². The van der Waals surface area contributed by atoms with E-state index in [1.807, 2.05) is 6.92 Å². The largest absolute Gasteiger partial charge is 0.416 e. The number of nitrogens with one attached hydrogen (secondary N) is 1. The fraction of sp³-hybridized carbons (Fsp3) is 0.444. The van der Waals surface area contributed by atoms with E-state index in [9.17, 15) is 18.0 Å². The number of hydrogen-bond donors (Lipinski definition) is 1. The molecule has 25 heavy (non-hydrogen) atoms. The SMILES string of the molecule is Cc1ncc(CN2CCC(C(=O)c3cccc(C(F)(F)F)c3)CC2)[nH]1. The first kappa shape index (κ1) is 17.7. The van der Waals surface area contributed by atoms with Gasteiger partial charge in [0.1, 0.15) is 5.82 Å². The number of aromatic amines is 1. The molecular formula is C18H20F3N3O. The van der Waals surface area contributed by atoms with Crippen LogP contribution in [0.2, 0.25) is 0 Å². The van der Waals surface area contributed by atoms with Crippen molar-refractivity contribution in [2.75, 3.05) is 13.1 Å². The molecule has 1 aliphatic rings. The monoisotopic (exact) mass is 351 g/mol. The van der Waals surface area contributed by atoms with Gasteiger partial charge in [-0.05, 0) is 45.0 Å². The lowest BCUT2D eigenvalue weighted by molar-refractivity contribution is -0.137. The summed E-state index contributed by atoms with van der Waals surface area (Å²) in [6.45, 7) is 4.12. The Morgan fingerprint density at radius 2 is 2.04 bits per heavy atom. The normalized spacial score (nSPS) is 17.0. The summed E-state index contributed by atoms with van der Waals surface area (Å²) in [5, 5.41) is 0. The summed E-state index contributed by atoms with van der Waals surface area (Å²) >= 11 is 0. The number of piperidine rings is 1. The van der Waals surface area contributed by atoms with Crippen LogP contribution in [0.1, 0.15) is 40.3 Å². The highest BCUT2D eigenvalue weighted by atomic mass is 19.4. The van der Waals surface area contributed by atoms with Crippen LogP contribution in [0.15, 0.2) is 30.5 Å².